The Bertz CT molecular complexity index is 476. The molecule has 0 spiro atoms. The van der Waals surface area contributed by atoms with E-state index in [4.69, 9.17) is 14.3 Å². The fourth-order valence-corrected chi connectivity index (χ4v) is 2.13. The van der Waals surface area contributed by atoms with E-state index < -0.39 is 22.7 Å². The molecule has 1 N–H and O–H groups in total. The highest BCUT2D eigenvalue weighted by atomic mass is 32.2. The fourth-order valence-electron chi connectivity index (χ4n) is 1.21. The third kappa shape index (κ3) is 5.69. The number of carboxylic acid groups (broad SMARTS) is 1. The van der Waals surface area contributed by atoms with Gasteiger partial charge in [-0.25, -0.2) is 4.79 Å². The Balaban J connectivity index is 2.42. The van der Waals surface area contributed by atoms with Gasteiger partial charge in [-0.1, -0.05) is 13.8 Å². The first-order chi connectivity index (χ1) is 8.88. The third-order valence-corrected chi connectivity index (χ3v) is 3.20. The average molecular weight is 288 g/mol. The summed E-state index contributed by atoms with van der Waals surface area (Å²) >= 11 is 0. The zero-order valence-corrected chi connectivity index (χ0v) is 11.6. The summed E-state index contributed by atoms with van der Waals surface area (Å²) in [7, 11) is -1.48. The minimum atomic E-state index is -1.48. The molecule has 0 aliphatic heterocycles. The lowest BCUT2D eigenvalue weighted by Crippen LogP contribution is -2.17. The molecule has 0 aromatic carbocycles. The number of carbonyl (C=O) groups excluding carboxylic acids is 1. The zero-order valence-electron chi connectivity index (χ0n) is 10.8. The second-order valence-electron chi connectivity index (χ2n) is 4.38. The summed E-state index contributed by atoms with van der Waals surface area (Å²) < 4.78 is 21.5. The van der Waals surface area contributed by atoms with Crippen molar-refractivity contribution in [2.45, 2.75) is 19.6 Å². The van der Waals surface area contributed by atoms with Crippen molar-refractivity contribution in [3.05, 3.63) is 23.7 Å². The second-order valence-corrected chi connectivity index (χ2v) is 5.83. The van der Waals surface area contributed by atoms with Crippen LogP contribution in [0.5, 0.6) is 0 Å². The van der Waals surface area contributed by atoms with E-state index in [0.717, 1.165) is 0 Å². The Morgan fingerprint density at radius 3 is 2.63 bits per heavy atom. The summed E-state index contributed by atoms with van der Waals surface area (Å²) in [5.74, 6) is -1.67. The first-order valence-electron chi connectivity index (χ1n) is 5.71. The molecule has 6 nitrogen and oxygen atoms in total. The number of aromatic carboxylic acids is 1. The topological polar surface area (TPSA) is 93.8 Å². The molecule has 0 aliphatic carbocycles. The minimum Gasteiger partial charge on any atom is -0.475 e. The smallest absolute Gasteiger partial charge is 0.371 e. The molecule has 0 saturated carbocycles. The van der Waals surface area contributed by atoms with Gasteiger partial charge in [-0.2, -0.15) is 0 Å². The van der Waals surface area contributed by atoms with E-state index >= 15 is 0 Å². The van der Waals surface area contributed by atoms with Crippen molar-refractivity contribution in [1.29, 1.82) is 0 Å². The molecule has 0 aliphatic rings. The molecule has 106 valence electrons. The van der Waals surface area contributed by atoms with Crippen LogP contribution in [0, 0.1) is 5.92 Å². The number of carbonyl (C=O) groups is 2. The van der Waals surface area contributed by atoms with Crippen LogP contribution in [0.15, 0.2) is 16.5 Å². The molecule has 0 amide bonds. The average Bonchev–Trinajstić information content (AvgIpc) is 2.74. The number of carboxylic acids is 1. The lowest BCUT2D eigenvalue weighted by atomic mass is 10.2. The number of rotatable bonds is 7. The van der Waals surface area contributed by atoms with E-state index in [1.807, 2.05) is 13.8 Å². The van der Waals surface area contributed by atoms with Gasteiger partial charge in [0.1, 0.15) is 11.5 Å². The monoisotopic (exact) mass is 288 g/mol. The summed E-state index contributed by atoms with van der Waals surface area (Å²) in [4.78, 5) is 21.9. The number of ether oxygens (including phenoxy) is 1. The summed E-state index contributed by atoms with van der Waals surface area (Å²) in [6, 6.07) is 2.72. The molecule has 0 bridgehead atoms. The second kappa shape index (κ2) is 7.08. The minimum absolute atomic E-state index is 0.00986. The highest BCUT2D eigenvalue weighted by Gasteiger charge is 2.14. The summed E-state index contributed by atoms with van der Waals surface area (Å²) in [6.07, 6.45) is 0. The molecule has 1 aromatic heterocycles. The summed E-state index contributed by atoms with van der Waals surface area (Å²) in [5.41, 5.74) is 0. The van der Waals surface area contributed by atoms with Crippen molar-refractivity contribution >= 4 is 22.7 Å². The van der Waals surface area contributed by atoms with Gasteiger partial charge in [0.25, 0.3) is 0 Å². The molecule has 19 heavy (non-hydrogen) atoms. The van der Waals surface area contributed by atoms with Crippen LogP contribution in [0.1, 0.15) is 30.2 Å². The van der Waals surface area contributed by atoms with Crippen molar-refractivity contribution in [2.75, 3.05) is 12.4 Å². The molecule has 0 fully saturated rings. The Labute approximate surface area is 113 Å². The number of hydrogen-bond acceptors (Lipinski definition) is 5. The van der Waals surface area contributed by atoms with Crippen molar-refractivity contribution < 1.29 is 28.1 Å². The predicted octanol–water partition coefficient (Wildman–Crippen LogP) is 1.43. The van der Waals surface area contributed by atoms with Crippen LogP contribution >= 0.6 is 0 Å². The lowest BCUT2D eigenvalue weighted by Gasteiger charge is -2.06. The van der Waals surface area contributed by atoms with E-state index in [9.17, 15) is 13.8 Å². The first-order valence-corrected chi connectivity index (χ1v) is 7.20. The van der Waals surface area contributed by atoms with E-state index in [2.05, 4.69) is 0 Å². The number of furan rings is 1. The van der Waals surface area contributed by atoms with Crippen molar-refractivity contribution in [3.63, 3.8) is 0 Å². The van der Waals surface area contributed by atoms with Crippen molar-refractivity contribution in [3.8, 4) is 0 Å². The maximum atomic E-state index is 11.6. The van der Waals surface area contributed by atoms with E-state index in [1.165, 1.54) is 12.1 Å². The van der Waals surface area contributed by atoms with Crippen molar-refractivity contribution in [1.82, 2.24) is 0 Å². The van der Waals surface area contributed by atoms with Crippen LogP contribution in [0.2, 0.25) is 0 Å². The molecule has 1 atom stereocenters. The predicted molar refractivity (Wildman–Crippen MR) is 68.2 cm³/mol. The maximum absolute atomic E-state index is 11.6. The molecular weight excluding hydrogens is 272 g/mol. The van der Waals surface area contributed by atoms with Crippen LogP contribution in [-0.4, -0.2) is 33.6 Å². The van der Waals surface area contributed by atoms with E-state index in [-0.39, 0.29) is 28.9 Å². The summed E-state index contributed by atoms with van der Waals surface area (Å²) in [5, 5.41) is 8.66. The SMILES string of the molecule is CC(C)COC(=O)CS(=O)Cc1ccc(C(=O)O)o1. The third-order valence-electron chi connectivity index (χ3n) is 2.03. The number of esters is 1. The molecule has 1 heterocycles. The molecule has 0 radical (unpaired) electrons. The van der Waals surface area contributed by atoms with Crippen LogP contribution in [0.4, 0.5) is 0 Å². The molecular formula is C12H16O6S. The van der Waals surface area contributed by atoms with E-state index in [0.29, 0.717) is 6.61 Å². The maximum Gasteiger partial charge on any atom is 0.371 e. The van der Waals surface area contributed by atoms with Gasteiger partial charge >= 0.3 is 11.9 Å². The summed E-state index contributed by atoms with van der Waals surface area (Å²) in [6.45, 7) is 4.10. The Kier molecular flexibility index (Phi) is 5.75. The fraction of sp³-hybridized carbons (Fsp3) is 0.500. The van der Waals surface area contributed by atoms with E-state index in [1.54, 1.807) is 0 Å². The first kappa shape index (κ1) is 15.4. The van der Waals surface area contributed by atoms with Gasteiger partial charge in [0, 0.05) is 10.8 Å². The normalized spacial score (nSPS) is 12.4. The molecule has 7 heteroatoms. The standard InChI is InChI=1S/C12H16O6S/c1-8(2)5-17-11(13)7-19(16)6-9-3-4-10(18-9)12(14)15/h3-4,8H,5-7H2,1-2H3,(H,14,15). The highest BCUT2D eigenvalue weighted by molar-refractivity contribution is 7.84. The molecule has 0 saturated heterocycles. The van der Waals surface area contributed by atoms with Crippen LogP contribution in [0.25, 0.3) is 0 Å². The lowest BCUT2D eigenvalue weighted by molar-refractivity contribution is -0.141. The Hall–Kier alpha value is -1.63. The molecule has 1 aromatic rings. The van der Waals surface area contributed by atoms with Gasteiger partial charge in [0.05, 0.1) is 12.4 Å². The Morgan fingerprint density at radius 2 is 2.11 bits per heavy atom. The molecule has 1 unspecified atom stereocenters. The Morgan fingerprint density at radius 1 is 1.42 bits per heavy atom. The number of hydrogen-bond donors (Lipinski definition) is 1. The van der Waals surface area contributed by atoms with Crippen molar-refractivity contribution in [2.24, 2.45) is 5.92 Å². The van der Waals surface area contributed by atoms with Crippen LogP contribution in [-0.2, 0) is 26.1 Å². The van der Waals surface area contributed by atoms with Crippen LogP contribution in [0.3, 0.4) is 0 Å². The highest BCUT2D eigenvalue weighted by Crippen LogP contribution is 2.10. The van der Waals surface area contributed by atoms with Gasteiger partial charge in [-0.15, -0.1) is 0 Å². The van der Waals surface area contributed by atoms with Gasteiger partial charge in [-0.05, 0) is 18.1 Å². The van der Waals surface area contributed by atoms with Gasteiger partial charge in [0.15, 0.2) is 0 Å². The molecule has 1 rings (SSSR count). The largest absolute Gasteiger partial charge is 0.475 e. The zero-order chi connectivity index (χ0) is 14.4. The quantitative estimate of drug-likeness (QED) is 0.763. The van der Waals surface area contributed by atoms with Gasteiger partial charge < -0.3 is 14.3 Å². The van der Waals surface area contributed by atoms with Gasteiger partial charge in [-0.3, -0.25) is 9.00 Å². The van der Waals surface area contributed by atoms with Crippen LogP contribution < -0.4 is 0 Å². The van der Waals surface area contributed by atoms with Gasteiger partial charge in [0.2, 0.25) is 5.76 Å².